The van der Waals surface area contributed by atoms with Crippen molar-refractivity contribution in [3.63, 3.8) is 0 Å². The first-order valence-electron chi connectivity index (χ1n) is 5.36. The van der Waals surface area contributed by atoms with E-state index in [1.54, 1.807) is 0 Å². The summed E-state index contributed by atoms with van der Waals surface area (Å²) in [6.07, 6.45) is 3.71. The van der Waals surface area contributed by atoms with E-state index in [-0.39, 0.29) is 5.92 Å². The molecule has 0 aliphatic rings. The third-order valence-electron chi connectivity index (χ3n) is 1.75. The molecule has 0 radical (unpaired) electrons. The summed E-state index contributed by atoms with van der Waals surface area (Å²) in [6.45, 7) is 6.21. The summed E-state index contributed by atoms with van der Waals surface area (Å²) in [7, 11) is 0. The maximum atomic E-state index is 10.4. The van der Waals surface area contributed by atoms with Crippen LogP contribution in [-0.4, -0.2) is 60.0 Å². The van der Waals surface area contributed by atoms with Gasteiger partial charge in [0.25, 0.3) is 0 Å². The van der Waals surface area contributed by atoms with Gasteiger partial charge in [0, 0.05) is 0 Å². The number of aliphatic carboxylic acids is 1. The standard InChI is InChI=1S/C8H16O2.C2H5.K/c1-3-5-6-7(4-2)8(9)10;1-2;/h7H,3-6H2,1-2H3,(H,9,10);1H2,2H3;. The number of hydrogen-bond acceptors (Lipinski definition) is 1. The molecule has 1 unspecified atom stereocenters. The normalized spacial score (nSPS) is 11.5. The first kappa shape index (κ1) is 16.5. The summed E-state index contributed by atoms with van der Waals surface area (Å²) in [5.41, 5.74) is 0. The van der Waals surface area contributed by atoms with Crippen molar-refractivity contribution in [2.75, 3.05) is 0 Å². The molecule has 0 aromatic heterocycles. The minimum absolute atomic E-state index is 0.111. The van der Waals surface area contributed by atoms with Crippen LogP contribution in [0.3, 0.4) is 0 Å². The molecular formula is C10H21KO2. The Labute approximate surface area is 116 Å². The molecule has 0 aliphatic carbocycles. The second-order valence-corrected chi connectivity index (χ2v) is 5.50. The van der Waals surface area contributed by atoms with Crippen LogP contribution in [0.15, 0.2) is 0 Å². The van der Waals surface area contributed by atoms with Crippen LogP contribution in [0.1, 0.15) is 46.5 Å². The first-order chi connectivity index (χ1) is 6.13. The molecule has 0 aliphatic heterocycles. The van der Waals surface area contributed by atoms with Gasteiger partial charge in [0.2, 0.25) is 0 Å². The Balaban J connectivity index is 0. The first-order valence-corrected chi connectivity index (χ1v) is 7.57. The topological polar surface area (TPSA) is 37.3 Å². The number of carbonyl (C=O) groups is 1. The third kappa shape index (κ3) is 13.1. The molecule has 0 saturated carbocycles. The van der Waals surface area contributed by atoms with Crippen molar-refractivity contribution in [3.05, 3.63) is 0 Å². The molecule has 0 saturated heterocycles. The van der Waals surface area contributed by atoms with Crippen molar-refractivity contribution < 1.29 is 9.90 Å². The minimum atomic E-state index is -0.643. The molecule has 1 atom stereocenters. The SMILES string of the molecule is CCCCC(CC)C(=O)O.C[CH2][K]. The van der Waals surface area contributed by atoms with E-state index in [1.165, 1.54) is 0.515 Å². The number of hydrogen-bond donors (Lipinski definition) is 1. The third-order valence-corrected chi connectivity index (χ3v) is 1.75. The maximum absolute atomic E-state index is 10.4. The van der Waals surface area contributed by atoms with Gasteiger partial charge in [0.05, 0.1) is 5.92 Å². The molecule has 0 rings (SSSR count). The summed E-state index contributed by atoms with van der Waals surface area (Å²) < 4.78 is 1.44. The zero-order valence-corrected chi connectivity index (χ0v) is 12.6. The fourth-order valence-corrected chi connectivity index (χ4v) is 0.953. The van der Waals surface area contributed by atoms with E-state index in [4.69, 9.17) is 5.11 Å². The van der Waals surface area contributed by atoms with E-state index < -0.39 is 5.97 Å². The van der Waals surface area contributed by atoms with Gasteiger partial charge in [-0.2, -0.15) is 0 Å². The van der Waals surface area contributed by atoms with Crippen LogP contribution in [0.4, 0.5) is 0 Å². The van der Waals surface area contributed by atoms with Gasteiger partial charge in [-0.3, -0.25) is 4.79 Å². The van der Waals surface area contributed by atoms with Crippen molar-refractivity contribution in [1.29, 1.82) is 0 Å². The average molecular weight is 212 g/mol. The Morgan fingerprint density at radius 3 is 2.08 bits per heavy atom. The van der Waals surface area contributed by atoms with E-state index in [0.29, 0.717) is 0 Å². The van der Waals surface area contributed by atoms with Crippen LogP contribution < -0.4 is 0 Å². The van der Waals surface area contributed by atoms with Gasteiger partial charge in [0.15, 0.2) is 0 Å². The van der Waals surface area contributed by atoms with Crippen LogP contribution >= 0.6 is 0 Å². The van der Waals surface area contributed by atoms with Crippen molar-refractivity contribution in [1.82, 2.24) is 0 Å². The van der Waals surface area contributed by atoms with Crippen LogP contribution in [0.5, 0.6) is 0 Å². The number of carboxylic acids is 1. The predicted octanol–water partition coefficient (Wildman–Crippen LogP) is 2.88. The summed E-state index contributed by atoms with van der Waals surface area (Å²) >= 11 is 1.10. The summed E-state index contributed by atoms with van der Waals surface area (Å²) in [4.78, 5) is 10.4. The second kappa shape index (κ2) is 13.1. The van der Waals surface area contributed by atoms with E-state index in [2.05, 4.69) is 13.8 Å². The summed E-state index contributed by atoms with van der Waals surface area (Å²) in [5, 5.41) is 8.60. The molecule has 0 heterocycles. The number of unbranched alkanes of at least 4 members (excludes halogenated alkanes) is 1. The monoisotopic (exact) mass is 212 g/mol. The Morgan fingerprint density at radius 2 is 1.85 bits per heavy atom. The molecule has 0 bridgehead atoms. The van der Waals surface area contributed by atoms with E-state index in [9.17, 15) is 4.79 Å². The molecule has 0 amide bonds. The molecule has 74 valence electrons. The van der Waals surface area contributed by atoms with Crippen LogP contribution in [0.2, 0.25) is 0.515 Å². The molecule has 3 heteroatoms. The molecule has 13 heavy (non-hydrogen) atoms. The van der Waals surface area contributed by atoms with Gasteiger partial charge in [-0.25, -0.2) is 0 Å². The van der Waals surface area contributed by atoms with E-state index in [1.807, 2.05) is 6.92 Å². The Morgan fingerprint density at radius 1 is 1.38 bits per heavy atom. The second-order valence-electron chi connectivity index (χ2n) is 3.29. The molecule has 0 fully saturated rings. The van der Waals surface area contributed by atoms with Crippen molar-refractivity contribution >= 4 is 54.9 Å². The van der Waals surface area contributed by atoms with Crippen LogP contribution in [-0.2, 0) is 4.79 Å². The van der Waals surface area contributed by atoms with Crippen LogP contribution in [0.25, 0.3) is 0 Å². The van der Waals surface area contributed by atoms with Crippen LogP contribution in [0, 0.1) is 5.92 Å². The average Bonchev–Trinajstić information content (AvgIpc) is 2.06. The predicted molar refractivity (Wildman–Crippen MR) is 57.2 cm³/mol. The molecule has 0 spiro atoms. The van der Waals surface area contributed by atoms with E-state index >= 15 is 0 Å². The molecular weight excluding hydrogens is 191 g/mol. The van der Waals surface area contributed by atoms with Gasteiger partial charge < -0.3 is 5.11 Å². The molecule has 1 N–H and O–H groups in total. The van der Waals surface area contributed by atoms with Gasteiger partial charge in [-0.05, 0) is 12.8 Å². The van der Waals surface area contributed by atoms with E-state index in [0.717, 1.165) is 74.6 Å². The van der Waals surface area contributed by atoms with Gasteiger partial charge >= 0.3 is 62.4 Å². The quantitative estimate of drug-likeness (QED) is 0.712. The van der Waals surface area contributed by atoms with Crippen molar-refractivity contribution in [3.8, 4) is 0 Å². The fourth-order valence-electron chi connectivity index (χ4n) is 0.953. The Bertz CT molecular complexity index is 115. The molecule has 0 aromatic rings. The van der Waals surface area contributed by atoms with Gasteiger partial charge in [-0.1, -0.05) is 26.7 Å². The van der Waals surface area contributed by atoms with Gasteiger partial charge in [-0.15, -0.1) is 0 Å². The zero-order valence-electron chi connectivity index (χ0n) is 9.47. The summed E-state index contributed by atoms with van der Waals surface area (Å²) in [5.74, 6) is -0.754. The Kier molecular flexibility index (Phi) is 16.7. The zero-order chi connectivity index (χ0) is 10.7. The Hall–Kier alpha value is 1.11. The number of rotatable bonds is 5. The molecule has 2 nitrogen and oxygen atoms in total. The number of carboxylic acid groups (broad SMARTS) is 1. The van der Waals surface area contributed by atoms with Crippen molar-refractivity contribution in [2.24, 2.45) is 5.92 Å². The summed E-state index contributed by atoms with van der Waals surface area (Å²) in [6, 6.07) is 0. The van der Waals surface area contributed by atoms with Gasteiger partial charge in [0.1, 0.15) is 0 Å². The fraction of sp³-hybridized carbons (Fsp3) is 0.900. The molecule has 0 aromatic carbocycles. The van der Waals surface area contributed by atoms with Crippen molar-refractivity contribution in [2.45, 2.75) is 47.0 Å².